The zero-order valence-electron chi connectivity index (χ0n) is 14.8. The number of esters is 1. The van der Waals surface area contributed by atoms with Crippen LogP contribution in [0.15, 0.2) is 30.3 Å². The third kappa shape index (κ3) is 5.87. The van der Waals surface area contributed by atoms with Crippen LogP contribution in [0.5, 0.6) is 5.75 Å². The van der Waals surface area contributed by atoms with Crippen LogP contribution in [0.4, 0.5) is 0 Å². The minimum atomic E-state index is -3.08. The van der Waals surface area contributed by atoms with Crippen LogP contribution in [-0.4, -0.2) is 50.6 Å². The molecule has 1 saturated heterocycles. The Balaban J connectivity index is 1.88. The van der Waals surface area contributed by atoms with Gasteiger partial charge in [-0.05, 0) is 32.4 Å². The van der Waals surface area contributed by atoms with E-state index < -0.39 is 33.9 Å². The molecule has 0 radical (unpaired) electrons. The number of ether oxygens (including phenoxy) is 2. The number of nitrogens with one attached hydrogen (secondary N) is 1. The number of carbonyl (C=O) groups excluding carboxylic acids is 2. The van der Waals surface area contributed by atoms with E-state index in [9.17, 15) is 18.0 Å². The third-order valence-corrected chi connectivity index (χ3v) is 5.63. The van der Waals surface area contributed by atoms with Gasteiger partial charge >= 0.3 is 5.97 Å². The molecule has 0 saturated carbocycles. The number of carbonyl (C=O) groups is 2. The third-order valence-electron chi connectivity index (χ3n) is 3.86. The van der Waals surface area contributed by atoms with Gasteiger partial charge in [0.05, 0.1) is 18.1 Å². The van der Waals surface area contributed by atoms with E-state index in [0.717, 1.165) is 5.56 Å². The molecule has 1 amide bonds. The molecule has 2 rings (SSSR count). The summed E-state index contributed by atoms with van der Waals surface area (Å²) >= 11 is 0. The Morgan fingerprint density at radius 3 is 2.73 bits per heavy atom. The molecule has 26 heavy (non-hydrogen) atoms. The van der Waals surface area contributed by atoms with Crippen molar-refractivity contribution in [2.75, 3.05) is 18.1 Å². The normalized spacial score (nSPS) is 19.8. The van der Waals surface area contributed by atoms with Crippen molar-refractivity contribution in [1.82, 2.24) is 5.32 Å². The number of hydrogen-bond donors (Lipinski definition) is 1. The zero-order chi connectivity index (χ0) is 19.2. The van der Waals surface area contributed by atoms with E-state index in [0.29, 0.717) is 18.8 Å². The Hall–Kier alpha value is -2.35. The van der Waals surface area contributed by atoms with Crippen molar-refractivity contribution < 1.29 is 27.5 Å². The fourth-order valence-corrected chi connectivity index (χ4v) is 4.23. The number of sulfone groups is 1. The van der Waals surface area contributed by atoms with E-state index in [2.05, 4.69) is 5.32 Å². The topological polar surface area (TPSA) is 98.8 Å². The van der Waals surface area contributed by atoms with Crippen LogP contribution in [-0.2, 0) is 24.2 Å². The highest BCUT2D eigenvalue weighted by Crippen LogP contribution is 2.19. The molecule has 1 N–H and O–H groups in total. The quantitative estimate of drug-likeness (QED) is 0.565. The number of rotatable bonds is 7. The van der Waals surface area contributed by atoms with Gasteiger partial charge in [0, 0.05) is 17.7 Å². The lowest BCUT2D eigenvalue weighted by molar-refractivity contribution is -0.150. The van der Waals surface area contributed by atoms with Crippen LogP contribution >= 0.6 is 0 Å². The van der Waals surface area contributed by atoms with Crippen molar-refractivity contribution in [1.29, 1.82) is 0 Å². The summed E-state index contributed by atoms with van der Waals surface area (Å²) in [6, 6.07) is 6.81. The number of para-hydroxylation sites is 1. The molecule has 0 unspecified atom stereocenters. The summed E-state index contributed by atoms with van der Waals surface area (Å²) in [5, 5.41) is 2.60. The van der Waals surface area contributed by atoms with Crippen molar-refractivity contribution in [3.05, 3.63) is 35.9 Å². The van der Waals surface area contributed by atoms with E-state index in [1.807, 2.05) is 19.1 Å². The predicted molar refractivity (Wildman–Crippen MR) is 97.4 cm³/mol. The monoisotopic (exact) mass is 381 g/mol. The SMILES string of the molecule is CCOc1ccccc1/C=C/C(=O)O[C@H](C)C(=O)N[C@@H]1CCS(=O)(=O)C1. The molecule has 2 atom stereocenters. The molecule has 1 heterocycles. The van der Waals surface area contributed by atoms with Gasteiger partial charge in [0.2, 0.25) is 0 Å². The van der Waals surface area contributed by atoms with Gasteiger partial charge in [-0.25, -0.2) is 13.2 Å². The summed E-state index contributed by atoms with van der Waals surface area (Å²) in [4.78, 5) is 23.9. The Kier molecular flexibility index (Phi) is 6.79. The highest BCUT2D eigenvalue weighted by Gasteiger charge is 2.30. The molecular formula is C18H23NO6S. The molecule has 142 valence electrons. The highest BCUT2D eigenvalue weighted by molar-refractivity contribution is 7.91. The fraction of sp³-hybridized carbons (Fsp3) is 0.444. The van der Waals surface area contributed by atoms with Crippen molar-refractivity contribution >= 4 is 27.8 Å². The first kappa shape index (κ1) is 20.0. The molecule has 7 nitrogen and oxygen atoms in total. The van der Waals surface area contributed by atoms with Crippen LogP contribution < -0.4 is 10.1 Å². The number of hydrogen-bond acceptors (Lipinski definition) is 6. The summed E-state index contributed by atoms with van der Waals surface area (Å²) < 4.78 is 33.3. The van der Waals surface area contributed by atoms with Crippen molar-refractivity contribution in [2.45, 2.75) is 32.4 Å². The molecule has 1 aromatic rings. The summed E-state index contributed by atoms with van der Waals surface area (Å²) in [5.41, 5.74) is 0.722. The smallest absolute Gasteiger partial charge is 0.331 e. The van der Waals surface area contributed by atoms with Gasteiger partial charge in [0.15, 0.2) is 15.9 Å². The Bertz CT molecular complexity index is 787. The number of amides is 1. The van der Waals surface area contributed by atoms with Gasteiger partial charge in [-0.1, -0.05) is 18.2 Å². The number of benzene rings is 1. The zero-order valence-corrected chi connectivity index (χ0v) is 15.6. The largest absolute Gasteiger partial charge is 0.493 e. The first-order chi connectivity index (χ1) is 12.3. The first-order valence-corrected chi connectivity index (χ1v) is 10.2. The fourth-order valence-electron chi connectivity index (χ4n) is 2.56. The van der Waals surface area contributed by atoms with E-state index >= 15 is 0 Å². The lowest BCUT2D eigenvalue weighted by atomic mass is 10.2. The highest BCUT2D eigenvalue weighted by atomic mass is 32.2. The average Bonchev–Trinajstić information content (AvgIpc) is 2.92. The van der Waals surface area contributed by atoms with Gasteiger partial charge < -0.3 is 14.8 Å². The lowest BCUT2D eigenvalue weighted by Gasteiger charge is -2.15. The molecule has 1 aliphatic heterocycles. The summed E-state index contributed by atoms with van der Waals surface area (Å²) in [6.45, 7) is 3.81. The molecule has 0 spiro atoms. The Labute approximate surface area is 153 Å². The maximum atomic E-state index is 12.0. The van der Waals surface area contributed by atoms with Crippen LogP contribution in [0, 0.1) is 0 Å². The van der Waals surface area contributed by atoms with E-state index in [1.54, 1.807) is 18.2 Å². The van der Waals surface area contributed by atoms with E-state index in [4.69, 9.17) is 9.47 Å². The lowest BCUT2D eigenvalue weighted by Crippen LogP contribution is -2.42. The van der Waals surface area contributed by atoms with Crippen LogP contribution in [0.3, 0.4) is 0 Å². The maximum Gasteiger partial charge on any atom is 0.331 e. The average molecular weight is 381 g/mol. The second-order valence-corrected chi connectivity index (χ2v) is 8.22. The molecule has 8 heteroatoms. The minimum absolute atomic E-state index is 0.0636. The van der Waals surface area contributed by atoms with E-state index in [-0.39, 0.29) is 11.5 Å². The maximum absolute atomic E-state index is 12.0. The Morgan fingerprint density at radius 2 is 2.08 bits per heavy atom. The van der Waals surface area contributed by atoms with Crippen molar-refractivity contribution in [3.8, 4) is 5.75 Å². The first-order valence-electron chi connectivity index (χ1n) is 8.42. The second kappa shape index (κ2) is 8.84. The van der Waals surface area contributed by atoms with Gasteiger partial charge in [0.1, 0.15) is 5.75 Å². The van der Waals surface area contributed by atoms with E-state index in [1.165, 1.54) is 13.0 Å². The van der Waals surface area contributed by atoms with Gasteiger partial charge in [-0.3, -0.25) is 4.79 Å². The molecule has 1 aromatic carbocycles. The standard InChI is InChI=1S/C18H23NO6S/c1-3-24-16-7-5-4-6-14(16)8-9-17(20)25-13(2)18(21)19-15-10-11-26(22,23)12-15/h4-9,13,15H,3,10-12H2,1-2H3,(H,19,21)/b9-8+/t13-,15-/m1/s1. The van der Waals surface area contributed by atoms with Gasteiger partial charge in [-0.15, -0.1) is 0 Å². The second-order valence-electron chi connectivity index (χ2n) is 5.99. The van der Waals surface area contributed by atoms with Crippen LogP contribution in [0.25, 0.3) is 6.08 Å². The molecular weight excluding hydrogens is 358 g/mol. The summed E-state index contributed by atoms with van der Waals surface area (Å²) in [6.07, 6.45) is 2.14. The molecule has 0 bridgehead atoms. The van der Waals surface area contributed by atoms with Crippen molar-refractivity contribution in [3.63, 3.8) is 0 Å². The predicted octanol–water partition coefficient (Wildman–Crippen LogP) is 1.33. The molecule has 0 aromatic heterocycles. The van der Waals surface area contributed by atoms with Crippen LogP contribution in [0.2, 0.25) is 0 Å². The summed E-state index contributed by atoms with van der Waals surface area (Å²) in [7, 11) is -3.08. The summed E-state index contributed by atoms with van der Waals surface area (Å²) in [5.74, 6) is -0.546. The molecule has 1 fully saturated rings. The Morgan fingerprint density at radius 1 is 1.35 bits per heavy atom. The molecule has 0 aliphatic carbocycles. The van der Waals surface area contributed by atoms with Crippen LogP contribution in [0.1, 0.15) is 25.8 Å². The van der Waals surface area contributed by atoms with Gasteiger partial charge in [0.25, 0.3) is 5.91 Å². The van der Waals surface area contributed by atoms with Crippen molar-refractivity contribution in [2.24, 2.45) is 0 Å². The molecule has 1 aliphatic rings. The minimum Gasteiger partial charge on any atom is -0.493 e. The van der Waals surface area contributed by atoms with Gasteiger partial charge in [-0.2, -0.15) is 0 Å².